The quantitative estimate of drug-likeness (QED) is 0.524. The first-order chi connectivity index (χ1) is 14.0. The van der Waals surface area contributed by atoms with Crippen LogP contribution in [-0.4, -0.2) is 34.3 Å². The van der Waals surface area contributed by atoms with Gasteiger partial charge in [0.05, 0.1) is 21.2 Å². The molecule has 3 aromatic rings. The number of ether oxygens (including phenoxy) is 1. The van der Waals surface area contributed by atoms with Crippen molar-refractivity contribution in [2.24, 2.45) is 11.8 Å². The van der Waals surface area contributed by atoms with E-state index in [0.717, 1.165) is 19.5 Å². The molecule has 0 unspecified atom stereocenters. The van der Waals surface area contributed by atoms with Crippen molar-refractivity contribution in [2.75, 3.05) is 18.4 Å². The van der Waals surface area contributed by atoms with Crippen molar-refractivity contribution in [1.82, 2.24) is 15.3 Å². The molecule has 1 aliphatic carbocycles. The van der Waals surface area contributed by atoms with Crippen molar-refractivity contribution in [3.63, 3.8) is 0 Å². The lowest BCUT2D eigenvalue weighted by atomic mass is 9.69. The Labute approximate surface area is 176 Å². The Morgan fingerprint density at radius 3 is 2.72 bits per heavy atom. The summed E-state index contributed by atoms with van der Waals surface area (Å²) in [6, 6.07) is 6.19. The normalized spacial score (nSPS) is 22.9. The highest BCUT2D eigenvalue weighted by molar-refractivity contribution is 6.42. The van der Waals surface area contributed by atoms with Gasteiger partial charge in [-0.3, -0.25) is 0 Å². The number of phenolic OH excluding ortho intramolecular Hbond substituents is 1. The average Bonchev–Trinajstić information content (AvgIpc) is 2.73. The Hall–Kier alpha value is -2.35. The molecule has 29 heavy (non-hydrogen) atoms. The summed E-state index contributed by atoms with van der Waals surface area (Å²) >= 11 is 11.8. The molecule has 5 rings (SSSR count). The van der Waals surface area contributed by atoms with Crippen LogP contribution in [-0.2, 0) is 0 Å². The van der Waals surface area contributed by atoms with Crippen LogP contribution in [0.1, 0.15) is 6.42 Å². The number of hydrogen-bond donors (Lipinski definition) is 3. The minimum atomic E-state index is -0.670. The van der Waals surface area contributed by atoms with Crippen molar-refractivity contribution in [3.8, 4) is 11.5 Å². The van der Waals surface area contributed by atoms with Gasteiger partial charge < -0.3 is 20.5 Å². The number of benzene rings is 2. The molecule has 0 amide bonds. The van der Waals surface area contributed by atoms with Gasteiger partial charge in [-0.1, -0.05) is 23.2 Å². The number of nitrogens with one attached hydrogen (secondary N) is 2. The minimum absolute atomic E-state index is 0.0146. The first kappa shape index (κ1) is 18.7. The smallest absolute Gasteiger partial charge is 0.166 e. The average molecular weight is 435 g/mol. The molecule has 2 aliphatic rings. The van der Waals surface area contributed by atoms with E-state index in [1.54, 1.807) is 6.07 Å². The van der Waals surface area contributed by atoms with Crippen LogP contribution >= 0.6 is 23.2 Å². The molecule has 0 spiro atoms. The summed E-state index contributed by atoms with van der Waals surface area (Å²) in [5.74, 6) is 0.966. The standard InChI is InChI=1S/C20H17Cl2FN4O2/c21-12-1-2-13(18(23)17(12)22)27-20-11-4-16(15(28)5-14(11)25-8-26-20)29-19-9-3-10(19)7-24-6-9/h1-2,4-5,8-10,19,24,28H,3,6-7H2,(H,25,26,27)/t9-,10+,19+. The molecular formula is C20H17Cl2FN4O2. The van der Waals surface area contributed by atoms with Gasteiger partial charge in [-0.05, 0) is 24.6 Å². The lowest BCUT2D eigenvalue weighted by molar-refractivity contribution is -0.0455. The number of hydrogen-bond acceptors (Lipinski definition) is 6. The number of fused-ring (bicyclic) bond motifs is 3. The van der Waals surface area contributed by atoms with E-state index >= 15 is 0 Å². The number of aromatic nitrogens is 2. The van der Waals surface area contributed by atoms with Crippen LogP contribution in [0.25, 0.3) is 10.9 Å². The number of phenols is 1. The zero-order valence-corrected chi connectivity index (χ0v) is 16.6. The van der Waals surface area contributed by atoms with Gasteiger partial charge in [0.1, 0.15) is 18.2 Å². The molecule has 1 saturated heterocycles. The van der Waals surface area contributed by atoms with Gasteiger partial charge in [0.15, 0.2) is 17.3 Å². The van der Waals surface area contributed by atoms with Crippen LogP contribution in [0.15, 0.2) is 30.6 Å². The third-order valence-electron chi connectivity index (χ3n) is 5.62. The van der Waals surface area contributed by atoms with Gasteiger partial charge in [-0.25, -0.2) is 14.4 Å². The predicted octanol–water partition coefficient (Wildman–Crippen LogP) is 4.51. The van der Waals surface area contributed by atoms with Gasteiger partial charge in [0.2, 0.25) is 0 Å². The molecule has 2 aromatic carbocycles. The van der Waals surface area contributed by atoms with Crippen molar-refractivity contribution >= 4 is 45.6 Å². The maximum Gasteiger partial charge on any atom is 0.166 e. The Morgan fingerprint density at radius 1 is 1.17 bits per heavy atom. The summed E-state index contributed by atoms with van der Waals surface area (Å²) in [6.45, 7) is 1.84. The van der Waals surface area contributed by atoms with Crippen LogP contribution in [0.4, 0.5) is 15.9 Å². The second-order valence-electron chi connectivity index (χ2n) is 7.40. The summed E-state index contributed by atoms with van der Waals surface area (Å²) in [5, 5.41) is 17.3. The van der Waals surface area contributed by atoms with Crippen molar-refractivity contribution in [1.29, 1.82) is 0 Å². The minimum Gasteiger partial charge on any atom is -0.504 e. The largest absolute Gasteiger partial charge is 0.504 e. The molecule has 2 heterocycles. The van der Waals surface area contributed by atoms with Crippen LogP contribution in [0, 0.1) is 17.7 Å². The predicted molar refractivity (Wildman–Crippen MR) is 110 cm³/mol. The molecule has 2 fully saturated rings. The van der Waals surface area contributed by atoms with Crippen LogP contribution in [0.3, 0.4) is 0 Å². The van der Waals surface area contributed by atoms with E-state index < -0.39 is 5.82 Å². The van der Waals surface area contributed by atoms with Crippen molar-refractivity contribution < 1.29 is 14.2 Å². The molecule has 9 heteroatoms. The van der Waals surface area contributed by atoms with Gasteiger partial charge in [0, 0.05) is 36.4 Å². The zero-order chi connectivity index (χ0) is 20.1. The Morgan fingerprint density at radius 2 is 1.97 bits per heavy atom. The number of nitrogens with zero attached hydrogens (tertiary/aromatic N) is 2. The van der Waals surface area contributed by atoms with Crippen LogP contribution < -0.4 is 15.4 Å². The third kappa shape index (κ3) is 3.23. The summed E-state index contributed by atoms with van der Waals surface area (Å²) < 4.78 is 20.6. The van der Waals surface area contributed by atoms with E-state index in [-0.39, 0.29) is 27.6 Å². The van der Waals surface area contributed by atoms with E-state index in [9.17, 15) is 9.50 Å². The van der Waals surface area contributed by atoms with Gasteiger partial charge in [-0.2, -0.15) is 0 Å². The molecule has 1 aliphatic heterocycles. The second-order valence-corrected chi connectivity index (χ2v) is 8.19. The Balaban J connectivity index is 1.50. The maximum atomic E-state index is 14.5. The number of aromatic hydroxyl groups is 1. The maximum absolute atomic E-state index is 14.5. The van der Waals surface area contributed by atoms with Gasteiger partial charge >= 0.3 is 0 Å². The highest BCUT2D eigenvalue weighted by Gasteiger charge is 2.45. The number of anilines is 2. The highest BCUT2D eigenvalue weighted by atomic mass is 35.5. The first-order valence-electron chi connectivity index (χ1n) is 9.27. The molecule has 150 valence electrons. The van der Waals surface area contributed by atoms with Crippen molar-refractivity contribution in [3.05, 3.63) is 46.5 Å². The number of piperidine rings is 2. The van der Waals surface area contributed by atoms with E-state index in [1.165, 1.54) is 24.5 Å². The van der Waals surface area contributed by atoms with E-state index in [4.69, 9.17) is 27.9 Å². The van der Waals surface area contributed by atoms with E-state index in [2.05, 4.69) is 20.6 Å². The molecule has 3 atom stereocenters. The first-order valence-corrected chi connectivity index (χ1v) is 10.0. The lowest BCUT2D eigenvalue weighted by Crippen LogP contribution is -2.59. The van der Waals surface area contributed by atoms with E-state index in [0.29, 0.717) is 34.3 Å². The fourth-order valence-electron chi connectivity index (χ4n) is 4.05. The van der Waals surface area contributed by atoms with Gasteiger partial charge in [0.25, 0.3) is 0 Å². The molecule has 1 saturated carbocycles. The molecule has 2 bridgehead atoms. The highest BCUT2D eigenvalue weighted by Crippen LogP contribution is 2.43. The molecule has 0 radical (unpaired) electrons. The number of rotatable bonds is 4. The Kier molecular flexibility index (Phi) is 4.61. The van der Waals surface area contributed by atoms with Crippen LogP contribution in [0.5, 0.6) is 11.5 Å². The molecule has 6 nitrogen and oxygen atoms in total. The summed E-state index contributed by atoms with van der Waals surface area (Å²) in [7, 11) is 0. The SMILES string of the molecule is Oc1cc2ncnc(Nc3ccc(Cl)c(Cl)c3F)c2cc1O[C@@H]1[C@@H]2CNC[C@H]1C2. The second kappa shape index (κ2) is 7.16. The monoisotopic (exact) mass is 434 g/mol. The fourth-order valence-corrected chi connectivity index (χ4v) is 4.37. The molecule has 3 N–H and O–H groups in total. The molecular weight excluding hydrogens is 418 g/mol. The summed E-state index contributed by atoms with van der Waals surface area (Å²) in [4.78, 5) is 8.42. The number of halogens is 3. The van der Waals surface area contributed by atoms with E-state index in [1.807, 2.05) is 0 Å². The summed E-state index contributed by atoms with van der Waals surface area (Å²) in [6.07, 6.45) is 2.55. The third-order valence-corrected chi connectivity index (χ3v) is 6.40. The summed E-state index contributed by atoms with van der Waals surface area (Å²) in [5.41, 5.74) is 0.637. The Bertz CT molecular complexity index is 1100. The lowest BCUT2D eigenvalue weighted by Gasteiger charge is -2.49. The fraction of sp³-hybridized carbons (Fsp3) is 0.300. The van der Waals surface area contributed by atoms with Gasteiger partial charge in [-0.15, -0.1) is 0 Å². The topological polar surface area (TPSA) is 79.3 Å². The van der Waals surface area contributed by atoms with Crippen LogP contribution in [0.2, 0.25) is 10.0 Å². The molecule has 1 aromatic heterocycles. The zero-order valence-electron chi connectivity index (χ0n) is 15.1. The van der Waals surface area contributed by atoms with Crippen molar-refractivity contribution in [2.45, 2.75) is 12.5 Å².